The van der Waals surface area contributed by atoms with Crippen LogP contribution in [0.5, 0.6) is 0 Å². The van der Waals surface area contributed by atoms with Gasteiger partial charge in [0.1, 0.15) is 0 Å². The highest BCUT2D eigenvalue weighted by atomic mass is 14.3. The van der Waals surface area contributed by atoms with E-state index in [-0.39, 0.29) is 0 Å². The lowest BCUT2D eigenvalue weighted by atomic mass is 9.69. The third-order valence-corrected chi connectivity index (χ3v) is 4.08. The van der Waals surface area contributed by atoms with E-state index in [4.69, 9.17) is 0 Å². The highest BCUT2D eigenvalue weighted by Gasteiger charge is 2.29. The predicted molar refractivity (Wildman–Crippen MR) is 68.8 cm³/mol. The van der Waals surface area contributed by atoms with E-state index in [2.05, 4.69) is 47.3 Å². The normalized spacial score (nSPS) is 28.8. The summed E-state index contributed by atoms with van der Waals surface area (Å²) in [6.07, 6.45) is 5.08. The molecule has 1 aliphatic carbocycles. The van der Waals surface area contributed by atoms with E-state index in [1.165, 1.54) is 18.4 Å². The molecular formula is C15H26. The second-order valence-electron chi connectivity index (χ2n) is 5.69. The Hall–Kier alpha value is -0.520. The lowest BCUT2D eigenvalue weighted by molar-refractivity contribution is 0.243. The minimum Gasteiger partial charge on any atom is -0.0998 e. The molecule has 0 N–H and O–H groups in total. The van der Waals surface area contributed by atoms with Gasteiger partial charge in [0.25, 0.3) is 0 Å². The first-order valence-electron chi connectivity index (χ1n) is 6.26. The first kappa shape index (κ1) is 12.5. The van der Waals surface area contributed by atoms with Gasteiger partial charge in [0.2, 0.25) is 0 Å². The molecule has 0 bridgehead atoms. The van der Waals surface area contributed by atoms with Gasteiger partial charge < -0.3 is 0 Å². The summed E-state index contributed by atoms with van der Waals surface area (Å²) >= 11 is 0. The van der Waals surface area contributed by atoms with Crippen LogP contribution in [0.1, 0.15) is 47.5 Å². The standard InChI is InChI=1S/C15H26/c1-10(2)13(6)15-9-12(5)7-8-14(15)11(3)4/h9-10,13-15H,3,7-8H2,1-2,4-6H3/t13-,14-,15-/m1/s1. The molecule has 0 radical (unpaired) electrons. The molecule has 0 heteroatoms. The zero-order chi connectivity index (χ0) is 11.6. The van der Waals surface area contributed by atoms with Gasteiger partial charge in [-0.05, 0) is 50.4 Å². The summed E-state index contributed by atoms with van der Waals surface area (Å²) in [6, 6.07) is 0. The molecule has 0 unspecified atom stereocenters. The molecule has 0 spiro atoms. The molecule has 1 rings (SSSR count). The Morgan fingerprint density at radius 3 is 2.47 bits per heavy atom. The molecule has 0 heterocycles. The van der Waals surface area contributed by atoms with Crippen LogP contribution in [0.25, 0.3) is 0 Å². The highest BCUT2D eigenvalue weighted by Crippen LogP contribution is 2.39. The van der Waals surface area contributed by atoms with Crippen LogP contribution in [0.3, 0.4) is 0 Å². The van der Waals surface area contributed by atoms with Crippen LogP contribution in [0.4, 0.5) is 0 Å². The van der Waals surface area contributed by atoms with Crippen molar-refractivity contribution in [2.75, 3.05) is 0 Å². The van der Waals surface area contributed by atoms with E-state index >= 15 is 0 Å². The van der Waals surface area contributed by atoms with E-state index < -0.39 is 0 Å². The maximum atomic E-state index is 4.17. The van der Waals surface area contributed by atoms with Crippen LogP contribution in [0, 0.1) is 23.7 Å². The van der Waals surface area contributed by atoms with E-state index in [1.54, 1.807) is 5.57 Å². The van der Waals surface area contributed by atoms with Crippen LogP contribution >= 0.6 is 0 Å². The zero-order valence-electron chi connectivity index (χ0n) is 11.0. The predicted octanol–water partition coefficient (Wildman–Crippen LogP) is 4.83. The Morgan fingerprint density at radius 1 is 1.40 bits per heavy atom. The van der Waals surface area contributed by atoms with Crippen LogP contribution in [-0.2, 0) is 0 Å². The van der Waals surface area contributed by atoms with Crippen LogP contribution in [0.2, 0.25) is 0 Å². The van der Waals surface area contributed by atoms with Crippen molar-refractivity contribution in [1.29, 1.82) is 0 Å². The van der Waals surface area contributed by atoms with Crippen molar-refractivity contribution < 1.29 is 0 Å². The Bertz CT molecular complexity index is 257. The van der Waals surface area contributed by atoms with Crippen LogP contribution in [-0.4, -0.2) is 0 Å². The van der Waals surface area contributed by atoms with Crippen molar-refractivity contribution in [2.45, 2.75) is 47.5 Å². The summed E-state index contributed by atoms with van der Waals surface area (Å²) in [5.74, 6) is 2.96. The van der Waals surface area contributed by atoms with Gasteiger partial charge in [-0.3, -0.25) is 0 Å². The zero-order valence-corrected chi connectivity index (χ0v) is 11.0. The summed E-state index contributed by atoms with van der Waals surface area (Å²) < 4.78 is 0. The van der Waals surface area contributed by atoms with E-state index in [1.807, 2.05) is 0 Å². The lowest BCUT2D eigenvalue weighted by Gasteiger charge is -2.36. The summed E-state index contributed by atoms with van der Waals surface area (Å²) in [7, 11) is 0. The molecule has 0 fully saturated rings. The average molecular weight is 206 g/mol. The maximum absolute atomic E-state index is 4.17. The second-order valence-corrected chi connectivity index (χ2v) is 5.69. The van der Waals surface area contributed by atoms with Gasteiger partial charge >= 0.3 is 0 Å². The molecule has 0 aromatic carbocycles. The number of allylic oxidation sites excluding steroid dienone is 3. The Balaban J connectivity index is 2.87. The van der Waals surface area contributed by atoms with Gasteiger partial charge in [0.05, 0.1) is 0 Å². The molecule has 86 valence electrons. The Kier molecular flexibility index (Phi) is 4.19. The number of hydrogen-bond acceptors (Lipinski definition) is 0. The summed E-state index contributed by atoms with van der Waals surface area (Å²) in [5.41, 5.74) is 2.95. The topological polar surface area (TPSA) is 0 Å². The minimum absolute atomic E-state index is 0.714. The monoisotopic (exact) mass is 206 g/mol. The first-order chi connectivity index (χ1) is 6.93. The van der Waals surface area contributed by atoms with Crippen LogP contribution < -0.4 is 0 Å². The summed E-state index contributed by atoms with van der Waals surface area (Å²) in [5, 5.41) is 0. The first-order valence-corrected chi connectivity index (χ1v) is 6.26. The van der Waals surface area contributed by atoms with E-state index in [9.17, 15) is 0 Å². The molecule has 0 aliphatic heterocycles. The Morgan fingerprint density at radius 2 is 2.00 bits per heavy atom. The largest absolute Gasteiger partial charge is 0.0998 e. The smallest absolute Gasteiger partial charge is 0.0137 e. The van der Waals surface area contributed by atoms with Crippen molar-refractivity contribution in [1.82, 2.24) is 0 Å². The SMILES string of the molecule is C=C(C)[C@H]1CCC(C)=C[C@@H]1[C@H](C)C(C)C. The molecule has 0 saturated heterocycles. The molecule has 0 aromatic heterocycles. The molecule has 0 aromatic rings. The van der Waals surface area contributed by atoms with Gasteiger partial charge in [-0.1, -0.05) is 44.6 Å². The molecule has 0 amide bonds. The number of rotatable bonds is 3. The van der Waals surface area contributed by atoms with Gasteiger partial charge in [-0.25, -0.2) is 0 Å². The molecule has 0 saturated carbocycles. The van der Waals surface area contributed by atoms with Crippen molar-refractivity contribution in [3.8, 4) is 0 Å². The van der Waals surface area contributed by atoms with Gasteiger partial charge in [-0.2, -0.15) is 0 Å². The average Bonchev–Trinajstić information content (AvgIpc) is 2.15. The molecule has 15 heavy (non-hydrogen) atoms. The highest BCUT2D eigenvalue weighted by molar-refractivity contribution is 5.15. The van der Waals surface area contributed by atoms with E-state index in [0.717, 1.165) is 17.8 Å². The van der Waals surface area contributed by atoms with Crippen molar-refractivity contribution in [3.63, 3.8) is 0 Å². The fraction of sp³-hybridized carbons (Fsp3) is 0.733. The van der Waals surface area contributed by atoms with Gasteiger partial charge in [0.15, 0.2) is 0 Å². The third kappa shape index (κ3) is 2.96. The van der Waals surface area contributed by atoms with Crippen molar-refractivity contribution in [3.05, 3.63) is 23.8 Å². The second kappa shape index (κ2) is 5.01. The molecule has 1 aliphatic rings. The summed E-state index contributed by atoms with van der Waals surface area (Å²) in [6.45, 7) is 15.7. The minimum atomic E-state index is 0.714. The molecule has 3 atom stereocenters. The lowest BCUT2D eigenvalue weighted by Crippen LogP contribution is -2.27. The fourth-order valence-corrected chi connectivity index (χ4v) is 2.64. The Labute approximate surface area is 95.5 Å². The molecular weight excluding hydrogens is 180 g/mol. The quantitative estimate of drug-likeness (QED) is 0.580. The summed E-state index contributed by atoms with van der Waals surface area (Å²) in [4.78, 5) is 0. The van der Waals surface area contributed by atoms with Crippen LogP contribution in [0.15, 0.2) is 23.8 Å². The fourth-order valence-electron chi connectivity index (χ4n) is 2.64. The third-order valence-electron chi connectivity index (χ3n) is 4.08. The maximum Gasteiger partial charge on any atom is -0.0137 e. The van der Waals surface area contributed by atoms with Gasteiger partial charge in [0, 0.05) is 0 Å². The van der Waals surface area contributed by atoms with E-state index in [0.29, 0.717) is 5.92 Å². The van der Waals surface area contributed by atoms with Crippen molar-refractivity contribution >= 4 is 0 Å². The number of hydrogen-bond donors (Lipinski definition) is 0. The molecule has 0 nitrogen and oxygen atoms in total. The van der Waals surface area contributed by atoms with Crippen molar-refractivity contribution in [2.24, 2.45) is 23.7 Å². The van der Waals surface area contributed by atoms with Gasteiger partial charge in [-0.15, -0.1) is 0 Å².